The topological polar surface area (TPSA) is 89.9 Å². The average molecular weight is 255 g/mol. The third-order valence-corrected chi connectivity index (χ3v) is 2.66. The second-order valence-electron chi connectivity index (χ2n) is 4.10. The Bertz CT molecular complexity index is 722. The van der Waals surface area contributed by atoms with Crippen LogP contribution in [-0.2, 0) is 6.54 Å². The van der Waals surface area contributed by atoms with Gasteiger partial charge in [0.2, 0.25) is 0 Å². The minimum absolute atomic E-state index is 0.315. The van der Waals surface area contributed by atoms with Crippen LogP contribution in [-0.4, -0.2) is 15.0 Å². The van der Waals surface area contributed by atoms with Gasteiger partial charge >= 0.3 is 0 Å². The number of nitrogens with one attached hydrogen (secondary N) is 1. The summed E-state index contributed by atoms with van der Waals surface area (Å²) in [6.07, 6.45) is 1.68. The third-order valence-electron chi connectivity index (χ3n) is 2.66. The van der Waals surface area contributed by atoms with Crippen LogP contribution in [0.3, 0.4) is 0 Å². The summed E-state index contributed by atoms with van der Waals surface area (Å²) >= 11 is 0. The quantitative estimate of drug-likeness (QED) is 0.745. The van der Waals surface area contributed by atoms with Gasteiger partial charge in [0.25, 0.3) is 0 Å². The number of rotatable bonds is 3. The number of aromatic nitrogens is 3. The van der Waals surface area contributed by atoms with Crippen molar-refractivity contribution in [2.45, 2.75) is 13.5 Å². The van der Waals surface area contributed by atoms with Crippen LogP contribution in [0.1, 0.15) is 11.7 Å². The van der Waals surface area contributed by atoms with Crippen LogP contribution in [0.5, 0.6) is 0 Å². The lowest BCUT2D eigenvalue weighted by atomic mass is 10.3. The van der Waals surface area contributed by atoms with E-state index >= 15 is 0 Å². The maximum Gasteiger partial charge on any atom is 0.192 e. The highest BCUT2D eigenvalue weighted by molar-refractivity contribution is 5.78. The highest BCUT2D eigenvalue weighted by Crippen LogP contribution is 2.21. The Kier molecular flexibility index (Phi) is 2.85. The summed E-state index contributed by atoms with van der Waals surface area (Å²) in [5, 5.41) is 3.19. The maximum atomic E-state index is 5.51. The first-order valence-electron chi connectivity index (χ1n) is 5.91. The molecular formula is C13H13N5O. The smallest absolute Gasteiger partial charge is 0.192 e. The van der Waals surface area contributed by atoms with Crippen LogP contribution in [0.4, 0.5) is 11.5 Å². The Balaban J connectivity index is 1.91. The minimum Gasteiger partial charge on any atom is -0.441 e. The maximum absolute atomic E-state index is 5.51. The van der Waals surface area contributed by atoms with Crippen molar-refractivity contribution in [3.05, 3.63) is 42.2 Å². The molecule has 96 valence electrons. The molecule has 3 rings (SSSR count). The van der Waals surface area contributed by atoms with Gasteiger partial charge in [-0.15, -0.1) is 0 Å². The normalized spacial score (nSPS) is 10.8. The van der Waals surface area contributed by atoms with Gasteiger partial charge in [0.1, 0.15) is 17.2 Å². The molecule has 0 aliphatic heterocycles. The zero-order chi connectivity index (χ0) is 13.2. The lowest BCUT2D eigenvalue weighted by Gasteiger charge is -2.05. The first kappa shape index (κ1) is 11.6. The number of hydrogen-bond acceptors (Lipinski definition) is 6. The van der Waals surface area contributed by atoms with Crippen LogP contribution >= 0.6 is 0 Å². The third kappa shape index (κ3) is 2.38. The molecule has 2 heterocycles. The van der Waals surface area contributed by atoms with E-state index in [-0.39, 0.29) is 0 Å². The molecule has 0 radical (unpaired) electrons. The van der Waals surface area contributed by atoms with Gasteiger partial charge < -0.3 is 15.5 Å². The van der Waals surface area contributed by atoms with E-state index in [2.05, 4.69) is 20.3 Å². The molecule has 0 aliphatic carbocycles. The number of hydrogen-bond donors (Lipinski definition) is 2. The SMILES string of the molecule is Cc1nc2ccc(Nc3ccnc(CN)n3)cc2o1. The molecule has 0 amide bonds. The predicted molar refractivity (Wildman–Crippen MR) is 72.0 cm³/mol. The average Bonchev–Trinajstić information content (AvgIpc) is 2.78. The van der Waals surface area contributed by atoms with E-state index in [1.807, 2.05) is 25.1 Å². The van der Waals surface area contributed by atoms with E-state index in [1.54, 1.807) is 12.3 Å². The van der Waals surface area contributed by atoms with E-state index < -0.39 is 0 Å². The van der Waals surface area contributed by atoms with Gasteiger partial charge in [-0.25, -0.2) is 15.0 Å². The Morgan fingerprint density at radius 2 is 2.16 bits per heavy atom. The van der Waals surface area contributed by atoms with Crippen LogP contribution in [0.2, 0.25) is 0 Å². The molecule has 0 unspecified atom stereocenters. The molecule has 0 atom stereocenters. The number of benzene rings is 1. The number of aryl methyl sites for hydroxylation is 1. The van der Waals surface area contributed by atoms with Gasteiger partial charge in [-0.1, -0.05) is 0 Å². The summed E-state index contributed by atoms with van der Waals surface area (Å²) in [6, 6.07) is 7.50. The fourth-order valence-electron chi connectivity index (χ4n) is 1.83. The Morgan fingerprint density at radius 3 is 3.00 bits per heavy atom. The monoisotopic (exact) mass is 255 g/mol. The fourth-order valence-corrected chi connectivity index (χ4v) is 1.83. The minimum atomic E-state index is 0.315. The molecule has 3 aromatic rings. The molecule has 1 aromatic carbocycles. The van der Waals surface area contributed by atoms with Crippen molar-refractivity contribution in [2.75, 3.05) is 5.32 Å². The van der Waals surface area contributed by atoms with Crippen molar-refractivity contribution < 1.29 is 4.42 Å². The Morgan fingerprint density at radius 1 is 1.26 bits per heavy atom. The van der Waals surface area contributed by atoms with E-state index in [0.717, 1.165) is 16.8 Å². The molecule has 6 heteroatoms. The molecule has 0 saturated heterocycles. The molecule has 0 bridgehead atoms. The molecule has 19 heavy (non-hydrogen) atoms. The lowest BCUT2D eigenvalue weighted by molar-refractivity contribution is 0.561. The highest BCUT2D eigenvalue weighted by Gasteiger charge is 2.04. The molecular weight excluding hydrogens is 242 g/mol. The standard InChI is InChI=1S/C13H13N5O/c1-8-16-10-3-2-9(6-11(10)19-8)17-12-4-5-15-13(7-14)18-12/h2-6H,7,14H2,1H3,(H,15,17,18). The predicted octanol–water partition coefficient (Wildman–Crippen LogP) is 2.13. The molecule has 6 nitrogen and oxygen atoms in total. The van der Waals surface area contributed by atoms with E-state index in [4.69, 9.17) is 10.2 Å². The molecule has 0 fully saturated rings. The molecule has 0 spiro atoms. The number of nitrogens with zero attached hydrogens (tertiary/aromatic N) is 3. The molecule has 0 aliphatic rings. The number of oxazole rings is 1. The molecule has 2 aromatic heterocycles. The Hall–Kier alpha value is -2.47. The Labute approximate surface area is 109 Å². The van der Waals surface area contributed by atoms with Gasteiger partial charge in [-0.3, -0.25) is 0 Å². The zero-order valence-corrected chi connectivity index (χ0v) is 10.4. The summed E-state index contributed by atoms with van der Waals surface area (Å²) in [4.78, 5) is 12.6. The summed E-state index contributed by atoms with van der Waals surface area (Å²) in [6.45, 7) is 2.14. The molecule has 0 saturated carbocycles. The number of nitrogens with two attached hydrogens (primary N) is 1. The van der Waals surface area contributed by atoms with Crippen molar-refractivity contribution in [1.29, 1.82) is 0 Å². The second kappa shape index (κ2) is 4.66. The summed E-state index contributed by atoms with van der Waals surface area (Å²) in [7, 11) is 0. The van der Waals surface area contributed by atoms with Crippen LogP contribution in [0, 0.1) is 6.92 Å². The van der Waals surface area contributed by atoms with Crippen molar-refractivity contribution in [2.24, 2.45) is 5.73 Å². The van der Waals surface area contributed by atoms with Crippen LogP contribution in [0.25, 0.3) is 11.1 Å². The summed E-state index contributed by atoms with van der Waals surface area (Å²) in [5.74, 6) is 1.95. The first-order valence-corrected chi connectivity index (χ1v) is 5.91. The van der Waals surface area contributed by atoms with Gasteiger partial charge in [0.15, 0.2) is 11.5 Å². The van der Waals surface area contributed by atoms with Crippen molar-refractivity contribution in [3.63, 3.8) is 0 Å². The van der Waals surface area contributed by atoms with Crippen LogP contribution in [0.15, 0.2) is 34.9 Å². The van der Waals surface area contributed by atoms with Crippen molar-refractivity contribution in [1.82, 2.24) is 15.0 Å². The number of anilines is 2. The summed E-state index contributed by atoms with van der Waals surface area (Å²) < 4.78 is 5.49. The van der Waals surface area contributed by atoms with E-state index in [9.17, 15) is 0 Å². The fraction of sp³-hybridized carbons (Fsp3) is 0.154. The van der Waals surface area contributed by atoms with Gasteiger partial charge in [-0.2, -0.15) is 0 Å². The van der Waals surface area contributed by atoms with E-state index in [1.165, 1.54) is 0 Å². The number of fused-ring (bicyclic) bond motifs is 1. The summed E-state index contributed by atoms with van der Waals surface area (Å²) in [5.41, 5.74) is 7.98. The van der Waals surface area contributed by atoms with Gasteiger partial charge in [-0.05, 0) is 18.2 Å². The van der Waals surface area contributed by atoms with Crippen molar-refractivity contribution in [3.8, 4) is 0 Å². The van der Waals surface area contributed by atoms with Gasteiger partial charge in [0.05, 0.1) is 6.54 Å². The molecule has 3 N–H and O–H groups in total. The zero-order valence-electron chi connectivity index (χ0n) is 10.4. The van der Waals surface area contributed by atoms with Gasteiger partial charge in [0, 0.05) is 24.9 Å². The highest BCUT2D eigenvalue weighted by atomic mass is 16.3. The van der Waals surface area contributed by atoms with Crippen molar-refractivity contribution >= 4 is 22.6 Å². The van der Waals surface area contributed by atoms with Crippen LogP contribution < -0.4 is 11.1 Å². The first-order chi connectivity index (χ1) is 9.24. The van der Waals surface area contributed by atoms with E-state index in [0.29, 0.717) is 24.1 Å². The second-order valence-corrected chi connectivity index (χ2v) is 4.10. The largest absolute Gasteiger partial charge is 0.441 e. The lowest BCUT2D eigenvalue weighted by Crippen LogP contribution is -2.04.